The summed E-state index contributed by atoms with van der Waals surface area (Å²) in [6.45, 7) is 9.26. The number of amidine groups is 1. The van der Waals surface area contributed by atoms with E-state index in [1.807, 2.05) is 18.2 Å². The highest BCUT2D eigenvalue weighted by atomic mass is 32.2. The number of aliphatic imine (C=N–C) groups is 1. The van der Waals surface area contributed by atoms with Gasteiger partial charge in [-0.05, 0) is 45.2 Å². The number of rotatable bonds is 5. The van der Waals surface area contributed by atoms with E-state index in [-0.39, 0.29) is 11.3 Å². The van der Waals surface area contributed by atoms with Gasteiger partial charge in [0, 0.05) is 25.2 Å². The van der Waals surface area contributed by atoms with Crippen LogP contribution in [0.15, 0.2) is 59.2 Å². The number of aryl methyl sites for hydroxylation is 1. The average Bonchev–Trinajstić information content (AvgIpc) is 3.29. The Morgan fingerprint density at radius 3 is 2.60 bits per heavy atom. The minimum absolute atomic E-state index is 0.117. The Hall–Kier alpha value is -2.49. The van der Waals surface area contributed by atoms with Crippen molar-refractivity contribution in [3.05, 3.63) is 70.9 Å². The van der Waals surface area contributed by atoms with Gasteiger partial charge in [0.15, 0.2) is 5.17 Å². The van der Waals surface area contributed by atoms with E-state index < -0.39 is 0 Å². The molecule has 5 heteroatoms. The van der Waals surface area contributed by atoms with Crippen LogP contribution in [0.2, 0.25) is 0 Å². The number of hydrogen-bond acceptors (Lipinski definition) is 5. The van der Waals surface area contributed by atoms with Crippen LogP contribution < -0.4 is 0 Å². The summed E-state index contributed by atoms with van der Waals surface area (Å²) < 4.78 is 0. The number of nitrogens with zero attached hydrogens (tertiary/aromatic N) is 3. The average molecular weight is 420 g/mol. The minimum Gasteiger partial charge on any atom is -0.365 e. The SMILES string of the molecule is CCN1C(SC(C(=C=O)N2CCCC2)c2ccccc2)=Nc2ccc(C)cc2C1C. The Labute approximate surface area is 183 Å². The molecule has 0 aliphatic carbocycles. The topological polar surface area (TPSA) is 35.9 Å². The van der Waals surface area contributed by atoms with E-state index in [4.69, 9.17) is 4.99 Å². The van der Waals surface area contributed by atoms with Crippen LogP contribution in [0.3, 0.4) is 0 Å². The highest BCUT2D eigenvalue weighted by molar-refractivity contribution is 8.14. The van der Waals surface area contributed by atoms with Gasteiger partial charge in [0.2, 0.25) is 0 Å². The van der Waals surface area contributed by atoms with Gasteiger partial charge < -0.3 is 9.80 Å². The van der Waals surface area contributed by atoms with Crippen molar-refractivity contribution in [2.45, 2.75) is 44.9 Å². The summed E-state index contributed by atoms with van der Waals surface area (Å²) >= 11 is 1.68. The molecule has 1 saturated heterocycles. The first kappa shape index (κ1) is 20.8. The summed E-state index contributed by atoms with van der Waals surface area (Å²) in [4.78, 5) is 21.7. The number of thioether (sulfide) groups is 1. The Bertz CT molecular complexity index is 975. The molecule has 0 amide bonds. The van der Waals surface area contributed by atoms with Crippen LogP contribution in [-0.4, -0.2) is 40.5 Å². The van der Waals surface area contributed by atoms with E-state index >= 15 is 0 Å². The maximum atomic E-state index is 12.1. The van der Waals surface area contributed by atoms with Crippen LogP contribution in [0.4, 0.5) is 5.69 Å². The fourth-order valence-electron chi connectivity index (χ4n) is 4.37. The summed E-state index contributed by atoms with van der Waals surface area (Å²) in [5.74, 6) is 2.30. The fraction of sp³-hybridized carbons (Fsp3) is 0.400. The molecule has 2 aromatic carbocycles. The maximum Gasteiger partial charge on any atom is 0.165 e. The van der Waals surface area contributed by atoms with Gasteiger partial charge in [-0.15, -0.1) is 0 Å². The molecule has 2 atom stereocenters. The zero-order valence-corrected chi connectivity index (χ0v) is 18.8. The summed E-state index contributed by atoms with van der Waals surface area (Å²) in [6.07, 6.45) is 2.26. The second-order valence-corrected chi connectivity index (χ2v) is 9.08. The Morgan fingerprint density at radius 2 is 1.93 bits per heavy atom. The third kappa shape index (κ3) is 4.05. The van der Waals surface area contributed by atoms with Crippen molar-refractivity contribution < 1.29 is 4.79 Å². The van der Waals surface area contributed by atoms with E-state index in [0.29, 0.717) is 0 Å². The normalized spacial score (nSPS) is 19.2. The lowest BCUT2D eigenvalue weighted by molar-refractivity contribution is 0.354. The highest BCUT2D eigenvalue weighted by Gasteiger charge is 2.32. The van der Waals surface area contributed by atoms with Gasteiger partial charge in [-0.2, -0.15) is 0 Å². The molecule has 0 saturated carbocycles. The summed E-state index contributed by atoms with van der Waals surface area (Å²) in [6, 6.07) is 17.0. The molecular weight excluding hydrogens is 390 g/mol. The molecule has 0 radical (unpaired) electrons. The Morgan fingerprint density at radius 1 is 1.20 bits per heavy atom. The zero-order chi connectivity index (χ0) is 21.1. The molecule has 2 unspecified atom stereocenters. The first-order valence-corrected chi connectivity index (χ1v) is 11.7. The van der Waals surface area contributed by atoms with Crippen LogP contribution in [0.25, 0.3) is 0 Å². The lowest BCUT2D eigenvalue weighted by Crippen LogP contribution is -2.35. The predicted molar refractivity (Wildman–Crippen MR) is 126 cm³/mol. The van der Waals surface area contributed by atoms with Gasteiger partial charge in [-0.1, -0.05) is 59.8 Å². The van der Waals surface area contributed by atoms with Gasteiger partial charge in [-0.25, -0.2) is 9.79 Å². The first-order valence-electron chi connectivity index (χ1n) is 10.8. The lowest BCUT2D eigenvalue weighted by atomic mass is 10.0. The molecule has 0 spiro atoms. The third-order valence-corrected chi connectivity index (χ3v) is 7.30. The number of carbonyl (C=O) groups excluding carboxylic acids is 1. The molecule has 0 aromatic heterocycles. The van der Waals surface area contributed by atoms with E-state index in [1.54, 1.807) is 11.8 Å². The molecular formula is C25H29N3OS. The fourth-order valence-corrected chi connectivity index (χ4v) is 5.76. The molecule has 0 bridgehead atoms. The van der Waals surface area contributed by atoms with E-state index in [0.717, 1.165) is 54.6 Å². The van der Waals surface area contributed by atoms with Crippen molar-refractivity contribution in [1.82, 2.24) is 9.80 Å². The quantitative estimate of drug-likeness (QED) is 0.586. The second kappa shape index (κ2) is 9.11. The van der Waals surface area contributed by atoms with E-state index in [9.17, 15) is 4.79 Å². The van der Waals surface area contributed by atoms with E-state index in [1.165, 1.54) is 11.1 Å². The molecule has 4 nitrogen and oxygen atoms in total. The van der Waals surface area contributed by atoms with Gasteiger partial charge >= 0.3 is 0 Å². The lowest BCUT2D eigenvalue weighted by Gasteiger charge is -2.37. The molecule has 2 aliphatic rings. The maximum absolute atomic E-state index is 12.1. The number of benzene rings is 2. The third-order valence-electron chi connectivity index (χ3n) is 6.03. The predicted octanol–water partition coefficient (Wildman–Crippen LogP) is 5.66. The Balaban J connectivity index is 1.74. The van der Waals surface area contributed by atoms with Gasteiger partial charge in [0.1, 0.15) is 11.6 Å². The first-order chi connectivity index (χ1) is 14.6. The molecule has 2 aromatic rings. The largest absolute Gasteiger partial charge is 0.365 e. The molecule has 30 heavy (non-hydrogen) atoms. The minimum atomic E-state index is -0.117. The molecule has 0 N–H and O–H groups in total. The van der Waals surface area contributed by atoms with Crippen molar-refractivity contribution >= 4 is 28.6 Å². The summed E-state index contributed by atoms with van der Waals surface area (Å²) in [5, 5.41) is 0.857. The van der Waals surface area contributed by atoms with Gasteiger partial charge in [0.25, 0.3) is 0 Å². The second-order valence-electron chi connectivity index (χ2n) is 8.01. The van der Waals surface area contributed by atoms with Crippen molar-refractivity contribution in [1.29, 1.82) is 0 Å². The van der Waals surface area contributed by atoms with Crippen LogP contribution in [0, 0.1) is 6.92 Å². The smallest absolute Gasteiger partial charge is 0.165 e. The van der Waals surface area contributed by atoms with Gasteiger partial charge in [-0.3, -0.25) is 0 Å². The monoisotopic (exact) mass is 419 g/mol. The van der Waals surface area contributed by atoms with Crippen LogP contribution in [0.1, 0.15) is 54.7 Å². The van der Waals surface area contributed by atoms with Gasteiger partial charge in [0.05, 0.1) is 17.0 Å². The molecule has 156 valence electrons. The number of hydrogen-bond donors (Lipinski definition) is 0. The van der Waals surface area contributed by atoms with Crippen molar-refractivity contribution in [2.24, 2.45) is 4.99 Å². The Kier molecular flexibility index (Phi) is 6.31. The zero-order valence-electron chi connectivity index (χ0n) is 18.0. The highest BCUT2D eigenvalue weighted by Crippen LogP contribution is 2.44. The number of fused-ring (bicyclic) bond motifs is 1. The van der Waals surface area contributed by atoms with Crippen LogP contribution >= 0.6 is 11.8 Å². The summed E-state index contributed by atoms with van der Waals surface area (Å²) in [7, 11) is 0. The van der Waals surface area contributed by atoms with Crippen LogP contribution in [0.5, 0.6) is 0 Å². The van der Waals surface area contributed by atoms with Crippen molar-refractivity contribution in [3.63, 3.8) is 0 Å². The molecule has 1 fully saturated rings. The molecule has 2 heterocycles. The number of likely N-dealkylation sites (tertiary alicyclic amines) is 1. The summed E-state index contributed by atoms with van der Waals surface area (Å²) in [5.41, 5.74) is 5.41. The standard InChI is InChI=1S/C25H29N3OS/c1-4-28-19(3)21-16-18(2)12-13-22(21)26-25(28)30-24(20-10-6-5-7-11-20)23(17-29)27-14-8-9-15-27/h5-7,10-13,16,19,24H,4,8-9,14-15H2,1-3H3. The molecule has 4 rings (SSSR count). The van der Waals surface area contributed by atoms with E-state index in [2.05, 4.69) is 66.8 Å². The van der Waals surface area contributed by atoms with Crippen LogP contribution in [-0.2, 0) is 4.79 Å². The van der Waals surface area contributed by atoms with Crippen molar-refractivity contribution in [2.75, 3.05) is 19.6 Å². The molecule has 2 aliphatic heterocycles. The van der Waals surface area contributed by atoms with Crippen molar-refractivity contribution in [3.8, 4) is 0 Å².